The summed E-state index contributed by atoms with van der Waals surface area (Å²) in [4.78, 5) is 0. The van der Waals surface area contributed by atoms with Crippen LogP contribution in [0.25, 0.3) is 0 Å². The van der Waals surface area contributed by atoms with E-state index in [-0.39, 0.29) is 6.10 Å². The molecule has 1 fully saturated rings. The fraction of sp³-hybridized carbons (Fsp3) is 0.571. The van der Waals surface area contributed by atoms with E-state index in [1.165, 1.54) is 12.8 Å². The van der Waals surface area contributed by atoms with Crippen molar-refractivity contribution in [2.24, 2.45) is 0 Å². The van der Waals surface area contributed by atoms with E-state index >= 15 is 0 Å². The molecule has 0 aliphatic carbocycles. The van der Waals surface area contributed by atoms with Crippen molar-refractivity contribution in [2.75, 3.05) is 19.8 Å². The minimum absolute atomic E-state index is 0.235. The van der Waals surface area contributed by atoms with Crippen molar-refractivity contribution >= 4 is 0 Å². The van der Waals surface area contributed by atoms with Gasteiger partial charge in [-0.1, -0.05) is 12.1 Å². The predicted molar refractivity (Wildman–Crippen MR) is 66.7 cm³/mol. The zero-order valence-electron chi connectivity index (χ0n) is 10.4. The van der Waals surface area contributed by atoms with Gasteiger partial charge in [0.1, 0.15) is 6.61 Å². The van der Waals surface area contributed by atoms with E-state index in [9.17, 15) is 0 Å². The summed E-state index contributed by atoms with van der Waals surface area (Å²) in [6.07, 6.45) is 3.74. The third-order valence-electron chi connectivity index (χ3n) is 2.85. The van der Waals surface area contributed by atoms with E-state index in [1.54, 1.807) is 0 Å². The second kappa shape index (κ2) is 6.50. The number of hydrogen-bond acceptors (Lipinski definition) is 3. The van der Waals surface area contributed by atoms with E-state index in [2.05, 4.69) is 0 Å². The van der Waals surface area contributed by atoms with Crippen molar-refractivity contribution in [1.29, 1.82) is 0 Å². The van der Waals surface area contributed by atoms with Gasteiger partial charge in [-0.05, 0) is 38.3 Å². The fourth-order valence-electron chi connectivity index (χ4n) is 1.97. The first-order valence-corrected chi connectivity index (χ1v) is 6.36. The molecule has 0 radical (unpaired) electrons. The molecule has 1 heterocycles. The maximum Gasteiger partial charge on any atom is 0.161 e. The third-order valence-corrected chi connectivity index (χ3v) is 2.85. The average Bonchev–Trinajstić information content (AvgIpc) is 2.39. The zero-order chi connectivity index (χ0) is 11.9. The lowest BCUT2D eigenvalue weighted by atomic mass is 10.1. The smallest absolute Gasteiger partial charge is 0.161 e. The zero-order valence-corrected chi connectivity index (χ0v) is 10.4. The quantitative estimate of drug-likeness (QED) is 0.786. The van der Waals surface area contributed by atoms with Gasteiger partial charge < -0.3 is 14.2 Å². The van der Waals surface area contributed by atoms with Crippen LogP contribution in [0.4, 0.5) is 0 Å². The Labute approximate surface area is 103 Å². The van der Waals surface area contributed by atoms with Crippen LogP contribution in [0.15, 0.2) is 24.3 Å². The number of benzene rings is 1. The molecule has 0 bridgehead atoms. The highest BCUT2D eigenvalue weighted by Gasteiger charge is 2.15. The highest BCUT2D eigenvalue weighted by molar-refractivity contribution is 5.39. The van der Waals surface area contributed by atoms with Crippen LogP contribution in [0.5, 0.6) is 11.5 Å². The Bertz CT molecular complexity index is 332. The highest BCUT2D eigenvalue weighted by atomic mass is 16.5. The molecular formula is C14H20O3. The SMILES string of the molecule is CCOc1ccccc1OC[C@H]1CCCCO1. The molecule has 0 unspecified atom stereocenters. The molecule has 0 saturated carbocycles. The second-order valence-electron chi connectivity index (χ2n) is 4.18. The molecule has 1 saturated heterocycles. The van der Waals surface area contributed by atoms with Gasteiger partial charge in [-0.25, -0.2) is 0 Å². The monoisotopic (exact) mass is 236 g/mol. The molecule has 1 aliphatic rings. The number of para-hydroxylation sites is 2. The van der Waals surface area contributed by atoms with Gasteiger partial charge in [-0.3, -0.25) is 0 Å². The topological polar surface area (TPSA) is 27.7 Å². The van der Waals surface area contributed by atoms with Crippen LogP contribution in [-0.2, 0) is 4.74 Å². The van der Waals surface area contributed by atoms with Gasteiger partial charge in [0, 0.05) is 6.61 Å². The molecule has 3 nitrogen and oxygen atoms in total. The van der Waals surface area contributed by atoms with Crippen molar-refractivity contribution in [1.82, 2.24) is 0 Å². The molecular weight excluding hydrogens is 216 g/mol. The lowest BCUT2D eigenvalue weighted by Crippen LogP contribution is -2.25. The van der Waals surface area contributed by atoms with Gasteiger partial charge >= 0.3 is 0 Å². The Morgan fingerprint density at radius 3 is 2.59 bits per heavy atom. The van der Waals surface area contributed by atoms with Crippen LogP contribution in [-0.4, -0.2) is 25.9 Å². The molecule has 0 spiro atoms. The summed E-state index contributed by atoms with van der Waals surface area (Å²) in [5.41, 5.74) is 0. The fourth-order valence-corrected chi connectivity index (χ4v) is 1.97. The van der Waals surface area contributed by atoms with Crippen LogP contribution in [0, 0.1) is 0 Å². The van der Waals surface area contributed by atoms with Crippen LogP contribution >= 0.6 is 0 Å². The molecule has 0 N–H and O–H groups in total. The lowest BCUT2D eigenvalue weighted by Gasteiger charge is -2.23. The van der Waals surface area contributed by atoms with Crippen molar-refractivity contribution in [3.63, 3.8) is 0 Å². The van der Waals surface area contributed by atoms with E-state index in [0.29, 0.717) is 13.2 Å². The van der Waals surface area contributed by atoms with Crippen molar-refractivity contribution in [2.45, 2.75) is 32.3 Å². The Morgan fingerprint density at radius 1 is 1.18 bits per heavy atom. The predicted octanol–water partition coefficient (Wildman–Crippen LogP) is 3.03. The maximum absolute atomic E-state index is 5.78. The van der Waals surface area contributed by atoms with Crippen LogP contribution in [0.1, 0.15) is 26.2 Å². The summed E-state index contributed by atoms with van der Waals surface area (Å²) >= 11 is 0. The first-order chi connectivity index (χ1) is 8.40. The van der Waals surface area contributed by atoms with Gasteiger partial charge in [0.05, 0.1) is 12.7 Å². The van der Waals surface area contributed by atoms with Gasteiger partial charge in [-0.2, -0.15) is 0 Å². The van der Waals surface area contributed by atoms with Crippen molar-refractivity contribution in [3.05, 3.63) is 24.3 Å². The third kappa shape index (κ3) is 3.63. The molecule has 1 aromatic rings. The summed E-state index contributed by atoms with van der Waals surface area (Å²) in [7, 11) is 0. The molecule has 3 heteroatoms. The second-order valence-corrected chi connectivity index (χ2v) is 4.18. The molecule has 1 aliphatic heterocycles. The maximum atomic E-state index is 5.78. The van der Waals surface area contributed by atoms with Crippen LogP contribution in [0.2, 0.25) is 0 Å². The molecule has 17 heavy (non-hydrogen) atoms. The number of ether oxygens (including phenoxy) is 3. The number of hydrogen-bond donors (Lipinski definition) is 0. The van der Waals surface area contributed by atoms with Gasteiger partial charge in [-0.15, -0.1) is 0 Å². The van der Waals surface area contributed by atoms with E-state index in [4.69, 9.17) is 14.2 Å². The van der Waals surface area contributed by atoms with Crippen LogP contribution in [0.3, 0.4) is 0 Å². The first kappa shape index (κ1) is 12.2. The summed E-state index contributed by atoms with van der Waals surface area (Å²) in [5.74, 6) is 1.62. The van der Waals surface area contributed by atoms with Crippen LogP contribution < -0.4 is 9.47 Å². The van der Waals surface area contributed by atoms with Crippen molar-refractivity contribution < 1.29 is 14.2 Å². The summed E-state index contributed by atoms with van der Waals surface area (Å²) in [6, 6.07) is 7.78. The highest BCUT2D eigenvalue weighted by Crippen LogP contribution is 2.27. The summed E-state index contributed by atoms with van der Waals surface area (Å²) in [5, 5.41) is 0. The Kier molecular flexibility index (Phi) is 4.68. The molecule has 94 valence electrons. The Hall–Kier alpha value is -1.22. The molecule has 0 aromatic heterocycles. The molecule has 2 rings (SSSR count). The van der Waals surface area contributed by atoms with E-state index < -0.39 is 0 Å². The largest absolute Gasteiger partial charge is 0.490 e. The molecule has 1 atom stereocenters. The minimum atomic E-state index is 0.235. The summed E-state index contributed by atoms with van der Waals surface area (Å²) in [6.45, 7) is 4.10. The minimum Gasteiger partial charge on any atom is -0.490 e. The van der Waals surface area contributed by atoms with Gasteiger partial charge in [0.2, 0.25) is 0 Å². The normalized spacial score (nSPS) is 19.9. The Balaban J connectivity index is 1.88. The molecule has 0 amide bonds. The van der Waals surface area contributed by atoms with E-state index in [1.807, 2.05) is 31.2 Å². The number of rotatable bonds is 5. The van der Waals surface area contributed by atoms with Gasteiger partial charge in [0.15, 0.2) is 11.5 Å². The summed E-state index contributed by atoms with van der Waals surface area (Å²) < 4.78 is 16.9. The molecule has 1 aromatic carbocycles. The Morgan fingerprint density at radius 2 is 1.94 bits per heavy atom. The van der Waals surface area contributed by atoms with Crippen molar-refractivity contribution in [3.8, 4) is 11.5 Å². The van der Waals surface area contributed by atoms with E-state index in [0.717, 1.165) is 24.5 Å². The standard InChI is InChI=1S/C14H20O3/c1-2-15-13-8-3-4-9-14(13)17-11-12-7-5-6-10-16-12/h3-4,8-9,12H,2,5-7,10-11H2,1H3/t12-/m1/s1. The van der Waals surface area contributed by atoms with Gasteiger partial charge in [0.25, 0.3) is 0 Å². The first-order valence-electron chi connectivity index (χ1n) is 6.36. The average molecular weight is 236 g/mol. The lowest BCUT2D eigenvalue weighted by molar-refractivity contribution is -0.0115.